The smallest absolute Gasteiger partial charge is 0.000835 e. The number of nitrogens with one attached hydrogen (secondary N) is 1. The topological polar surface area (TPSA) is 12.0 Å². The molecule has 1 N–H and O–H groups in total. The number of benzene rings is 1. The fourth-order valence-electron chi connectivity index (χ4n) is 1.00. The Morgan fingerprint density at radius 1 is 1.18 bits per heavy atom. The van der Waals surface area contributed by atoms with Crippen LogP contribution in [0.3, 0.4) is 0 Å². The lowest BCUT2D eigenvalue weighted by Gasteiger charge is -2.00. The molecule has 0 saturated heterocycles. The lowest BCUT2D eigenvalue weighted by Crippen LogP contribution is -2.16. The highest BCUT2D eigenvalue weighted by atomic mass is 14.8. The summed E-state index contributed by atoms with van der Waals surface area (Å²) >= 11 is 0. The Hall–Kier alpha value is -0.820. The maximum atomic E-state index is 3.71. The molecule has 1 radical (unpaired) electrons. The van der Waals surface area contributed by atoms with Gasteiger partial charge in [-0.3, -0.25) is 0 Å². The standard InChI is InChI=1S/C10H14N/c1-2-11-9-8-10-6-4-3-5-7-10/h3-7,11H,1-2,8-9H2. The van der Waals surface area contributed by atoms with E-state index in [4.69, 9.17) is 0 Å². The van der Waals surface area contributed by atoms with Gasteiger partial charge in [0.1, 0.15) is 0 Å². The van der Waals surface area contributed by atoms with E-state index in [-0.39, 0.29) is 0 Å². The summed E-state index contributed by atoms with van der Waals surface area (Å²) in [6.07, 6.45) is 1.09. The molecule has 1 rings (SSSR count). The predicted octanol–water partition coefficient (Wildman–Crippen LogP) is 1.65. The van der Waals surface area contributed by atoms with Crippen molar-refractivity contribution in [1.82, 2.24) is 5.32 Å². The Morgan fingerprint density at radius 3 is 2.55 bits per heavy atom. The van der Waals surface area contributed by atoms with Crippen molar-refractivity contribution in [3.8, 4) is 0 Å². The quantitative estimate of drug-likeness (QED) is 0.640. The minimum atomic E-state index is 0.812. The van der Waals surface area contributed by atoms with E-state index in [1.54, 1.807) is 0 Å². The SMILES string of the molecule is [CH2]CNCCc1ccccc1. The Morgan fingerprint density at radius 2 is 1.91 bits per heavy atom. The van der Waals surface area contributed by atoms with E-state index >= 15 is 0 Å². The molecule has 0 unspecified atom stereocenters. The van der Waals surface area contributed by atoms with Crippen molar-refractivity contribution >= 4 is 0 Å². The highest BCUT2D eigenvalue weighted by Crippen LogP contribution is 1.97. The third-order valence-corrected chi connectivity index (χ3v) is 1.61. The molecule has 0 bridgehead atoms. The summed E-state index contributed by atoms with van der Waals surface area (Å²) in [6.45, 7) is 5.54. The van der Waals surface area contributed by atoms with Gasteiger partial charge < -0.3 is 5.32 Å². The van der Waals surface area contributed by atoms with Gasteiger partial charge in [0.25, 0.3) is 0 Å². The highest BCUT2D eigenvalue weighted by Gasteiger charge is 1.88. The Labute approximate surface area is 68.4 Å². The largest absolute Gasteiger partial charge is 0.316 e. The highest BCUT2D eigenvalue weighted by molar-refractivity contribution is 5.14. The van der Waals surface area contributed by atoms with Crippen LogP contribution in [0.2, 0.25) is 0 Å². The van der Waals surface area contributed by atoms with Crippen LogP contribution in [0.25, 0.3) is 0 Å². The second-order valence-electron chi connectivity index (χ2n) is 2.49. The molecule has 0 aliphatic rings. The lowest BCUT2D eigenvalue weighted by molar-refractivity contribution is 0.743. The molecule has 11 heavy (non-hydrogen) atoms. The van der Waals surface area contributed by atoms with E-state index in [0.29, 0.717) is 0 Å². The summed E-state index contributed by atoms with van der Waals surface area (Å²) < 4.78 is 0. The molecule has 1 aromatic carbocycles. The Balaban J connectivity index is 2.28. The summed E-state index contributed by atoms with van der Waals surface area (Å²) in [5.74, 6) is 0. The zero-order chi connectivity index (χ0) is 7.94. The minimum Gasteiger partial charge on any atom is -0.316 e. The molecule has 0 aromatic heterocycles. The van der Waals surface area contributed by atoms with Crippen molar-refractivity contribution in [2.24, 2.45) is 0 Å². The van der Waals surface area contributed by atoms with Crippen molar-refractivity contribution in [1.29, 1.82) is 0 Å². The van der Waals surface area contributed by atoms with Gasteiger partial charge in [0, 0.05) is 0 Å². The van der Waals surface area contributed by atoms with E-state index in [2.05, 4.69) is 36.5 Å². The first kappa shape index (κ1) is 8.28. The van der Waals surface area contributed by atoms with Crippen LogP contribution in [-0.2, 0) is 6.42 Å². The van der Waals surface area contributed by atoms with Gasteiger partial charge in [-0.2, -0.15) is 0 Å². The predicted molar refractivity (Wildman–Crippen MR) is 48.4 cm³/mol. The van der Waals surface area contributed by atoms with Gasteiger partial charge in [0.15, 0.2) is 0 Å². The average molecular weight is 148 g/mol. The fraction of sp³-hybridized carbons (Fsp3) is 0.300. The van der Waals surface area contributed by atoms with Crippen LogP contribution in [0.1, 0.15) is 5.56 Å². The Bertz CT molecular complexity index is 181. The third kappa shape index (κ3) is 3.19. The van der Waals surface area contributed by atoms with Crippen LogP contribution in [-0.4, -0.2) is 13.1 Å². The molecule has 0 fully saturated rings. The van der Waals surface area contributed by atoms with Crippen molar-refractivity contribution in [2.75, 3.05) is 13.1 Å². The summed E-state index contributed by atoms with van der Waals surface area (Å²) in [5.41, 5.74) is 1.38. The van der Waals surface area contributed by atoms with Crippen LogP contribution in [0.5, 0.6) is 0 Å². The van der Waals surface area contributed by atoms with Crippen molar-refractivity contribution in [3.63, 3.8) is 0 Å². The molecule has 0 amide bonds. The average Bonchev–Trinajstić information content (AvgIpc) is 2.07. The molecule has 0 spiro atoms. The molecule has 1 heteroatoms. The molecular weight excluding hydrogens is 134 g/mol. The van der Waals surface area contributed by atoms with Crippen LogP contribution < -0.4 is 5.32 Å². The van der Waals surface area contributed by atoms with E-state index in [1.165, 1.54) is 5.56 Å². The minimum absolute atomic E-state index is 0.812. The molecule has 1 aromatic rings. The maximum Gasteiger partial charge on any atom is -0.000835 e. The number of hydrogen-bond acceptors (Lipinski definition) is 1. The Kier molecular flexibility index (Phi) is 3.70. The van der Waals surface area contributed by atoms with Crippen LogP contribution >= 0.6 is 0 Å². The van der Waals surface area contributed by atoms with Crippen molar-refractivity contribution in [2.45, 2.75) is 6.42 Å². The molecule has 59 valence electrons. The number of hydrogen-bond donors (Lipinski definition) is 1. The van der Waals surface area contributed by atoms with Crippen molar-refractivity contribution < 1.29 is 0 Å². The van der Waals surface area contributed by atoms with Gasteiger partial charge in [-0.05, 0) is 32.0 Å². The van der Waals surface area contributed by atoms with E-state index < -0.39 is 0 Å². The van der Waals surface area contributed by atoms with Gasteiger partial charge in [0.2, 0.25) is 0 Å². The first-order valence-electron chi connectivity index (χ1n) is 3.97. The van der Waals surface area contributed by atoms with Gasteiger partial charge in [-0.1, -0.05) is 30.3 Å². The summed E-state index contributed by atoms with van der Waals surface area (Å²) in [6, 6.07) is 10.5. The van der Waals surface area contributed by atoms with Crippen LogP contribution in [0.15, 0.2) is 30.3 Å². The lowest BCUT2D eigenvalue weighted by atomic mass is 10.1. The normalized spacial score (nSPS) is 9.91. The second-order valence-corrected chi connectivity index (χ2v) is 2.49. The van der Waals surface area contributed by atoms with Gasteiger partial charge in [0.05, 0.1) is 0 Å². The van der Waals surface area contributed by atoms with E-state index in [0.717, 1.165) is 19.5 Å². The van der Waals surface area contributed by atoms with Gasteiger partial charge >= 0.3 is 0 Å². The van der Waals surface area contributed by atoms with E-state index in [9.17, 15) is 0 Å². The number of rotatable bonds is 4. The molecule has 0 saturated carbocycles. The first-order chi connectivity index (χ1) is 5.43. The monoisotopic (exact) mass is 148 g/mol. The summed E-state index contributed by atoms with van der Waals surface area (Å²) in [5, 5.41) is 3.19. The zero-order valence-corrected chi connectivity index (χ0v) is 6.72. The molecule has 0 aliphatic carbocycles. The molecule has 1 nitrogen and oxygen atoms in total. The fourth-order valence-corrected chi connectivity index (χ4v) is 1.00. The van der Waals surface area contributed by atoms with Gasteiger partial charge in [-0.15, -0.1) is 0 Å². The molecule has 0 heterocycles. The van der Waals surface area contributed by atoms with Crippen molar-refractivity contribution in [3.05, 3.63) is 42.8 Å². The van der Waals surface area contributed by atoms with Crippen LogP contribution in [0, 0.1) is 6.92 Å². The summed E-state index contributed by atoms with van der Waals surface area (Å²) in [4.78, 5) is 0. The maximum absolute atomic E-state index is 3.71. The summed E-state index contributed by atoms with van der Waals surface area (Å²) in [7, 11) is 0. The second kappa shape index (κ2) is 4.91. The van der Waals surface area contributed by atoms with E-state index in [1.807, 2.05) is 6.07 Å². The van der Waals surface area contributed by atoms with Gasteiger partial charge in [-0.25, -0.2) is 0 Å². The molecule has 0 atom stereocenters. The van der Waals surface area contributed by atoms with Crippen LogP contribution in [0.4, 0.5) is 0 Å². The molecule has 0 aliphatic heterocycles. The zero-order valence-electron chi connectivity index (χ0n) is 6.72. The molecular formula is C10H14N. The third-order valence-electron chi connectivity index (χ3n) is 1.61. The first-order valence-corrected chi connectivity index (χ1v) is 3.97.